The van der Waals surface area contributed by atoms with Gasteiger partial charge in [-0.25, -0.2) is 15.0 Å². The Kier molecular flexibility index (Phi) is 7.45. The van der Waals surface area contributed by atoms with Gasteiger partial charge in [-0.05, 0) is 41.7 Å². The van der Waals surface area contributed by atoms with Crippen molar-refractivity contribution in [2.75, 3.05) is 12.3 Å². The zero-order valence-electron chi connectivity index (χ0n) is 24.3. The summed E-state index contributed by atoms with van der Waals surface area (Å²) in [6, 6.07) is 21.8. The number of hydrogen-bond acceptors (Lipinski definition) is 10. The third kappa shape index (κ3) is 4.87. The normalized spacial score (nSPS) is 26.8. The van der Waals surface area contributed by atoms with Crippen LogP contribution in [0.4, 0.5) is 14.6 Å². The number of rotatable bonds is 8. The number of hydrogen-bond donors (Lipinski definition) is 5. The first-order valence-corrected chi connectivity index (χ1v) is 14.7. The maximum Gasteiger partial charge on any atom is 0.309 e. The van der Waals surface area contributed by atoms with Crippen LogP contribution in [-0.4, -0.2) is 70.8 Å². The lowest BCUT2D eigenvalue weighted by Crippen LogP contribution is -2.44. The molecular weight excluding hydrogens is 600 g/mol. The van der Waals surface area contributed by atoms with Crippen molar-refractivity contribution in [3.05, 3.63) is 102 Å². The molecule has 1 aliphatic heterocycles. The van der Waals surface area contributed by atoms with Gasteiger partial charge in [0, 0.05) is 5.56 Å². The molecule has 5 aromatic rings. The number of nitrogens with zero attached hydrogens (tertiary/aromatic N) is 4. The van der Waals surface area contributed by atoms with Gasteiger partial charge in [-0.3, -0.25) is 4.57 Å². The molecule has 6 N–H and O–H groups in total. The molecule has 2 aliphatic rings. The van der Waals surface area contributed by atoms with E-state index in [9.17, 15) is 20.4 Å². The van der Waals surface area contributed by atoms with Crippen LogP contribution in [0.25, 0.3) is 22.6 Å². The summed E-state index contributed by atoms with van der Waals surface area (Å²) in [6.45, 7) is -0.140. The van der Waals surface area contributed by atoms with Crippen molar-refractivity contribution < 1.29 is 38.7 Å². The van der Waals surface area contributed by atoms with Gasteiger partial charge in [-0.2, -0.15) is 8.78 Å². The van der Waals surface area contributed by atoms with Gasteiger partial charge in [0.2, 0.25) is 0 Å². The second-order valence-corrected chi connectivity index (χ2v) is 11.6. The highest BCUT2D eigenvalue weighted by molar-refractivity contribution is 5.83. The van der Waals surface area contributed by atoms with Gasteiger partial charge in [0.05, 0.1) is 6.33 Å². The minimum atomic E-state index is -3.76. The smallest absolute Gasteiger partial charge is 0.309 e. The molecule has 1 saturated heterocycles. The molecule has 11 nitrogen and oxygen atoms in total. The Morgan fingerprint density at radius 3 is 2.50 bits per heavy atom. The second kappa shape index (κ2) is 11.4. The summed E-state index contributed by atoms with van der Waals surface area (Å²) in [4.78, 5) is 13.2. The lowest BCUT2D eigenvalue weighted by molar-refractivity contribution is -0.226. The van der Waals surface area contributed by atoms with Crippen molar-refractivity contribution in [3.63, 3.8) is 0 Å². The number of halogens is 2. The summed E-state index contributed by atoms with van der Waals surface area (Å²) in [5, 5.41) is 43.1. The third-order valence-corrected chi connectivity index (χ3v) is 8.78. The maximum atomic E-state index is 15.1. The number of aliphatic hydroxyl groups excluding tert-OH is 3. The fourth-order valence-electron chi connectivity index (χ4n) is 6.25. The maximum absolute atomic E-state index is 15.1. The lowest BCUT2D eigenvalue weighted by Gasteiger charge is -2.32. The van der Waals surface area contributed by atoms with E-state index >= 15 is 8.78 Å². The molecule has 1 aliphatic carbocycles. The number of fused-ring (bicyclic) bond motifs is 2. The van der Waals surface area contributed by atoms with E-state index in [0.717, 1.165) is 5.56 Å². The molecule has 0 amide bonds. The second-order valence-electron chi connectivity index (χ2n) is 11.6. The van der Waals surface area contributed by atoms with E-state index in [4.69, 9.17) is 15.2 Å². The number of benzene rings is 3. The van der Waals surface area contributed by atoms with E-state index in [1.165, 1.54) is 23.0 Å². The minimum absolute atomic E-state index is 0.0106. The average molecular weight is 632 g/mol. The molecule has 0 saturated carbocycles. The molecule has 46 heavy (non-hydrogen) atoms. The van der Waals surface area contributed by atoms with Gasteiger partial charge in [-0.1, -0.05) is 66.7 Å². The number of ether oxygens (including phenoxy) is 2. The van der Waals surface area contributed by atoms with Crippen LogP contribution in [0.1, 0.15) is 35.4 Å². The van der Waals surface area contributed by atoms with Gasteiger partial charge >= 0.3 is 5.92 Å². The molecule has 7 rings (SSSR count). The van der Waals surface area contributed by atoms with Gasteiger partial charge in [0.15, 0.2) is 29.1 Å². The average Bonchev–Trinajstić information content (AvgIpc) is 3.66. The van der Waals surface area contributed by atoms with E-state index in [1.807, 2.05) is 30.3 Å². The standard InChI is InChI=1S/C33H31F2N5O6/c34-33(35)27(43)21-11-4-5-12-22(21)32(33,44)14-13-18-7-6-10-20(15-18)45-16-23-25(41)26(42)31(46-23)40-17-37-24-28(36)38-29(39-30(24)40)19-8-2-1-3-9-19/h1-12,15,17,23,25-27,31,41-44H,13-14,16H2,(H2,36,38,39)/t23-,25-,26-,27-,31-,32-/m1/s1. The quantitative estimate of drug-likeness (QED) is 0.171. The van der Waals surface area contributed by atoms with Crippen molar-refractivity contribution in [2.24, 2.45) is 0 Å². The van der Waals surface area contributed by atoms with Gasteiger partial charge in [0.25, 0.3) is 0 Å². The van der Waals surface area contributed by atoms with Crippen molar-refractivity contribution >= 4 is 17.0 Å². The Morgan fingerprint density at radius 1 is 0.935 bits per heavy atom. The van der Waals surface area contributed by atoms with Crippen molar-refractivity contribution in [2.45, 2.75) is 55.0 Å². The van der Waals surface area contributed by atoms with Crippen molar-refractivity contribution in [1.29, 1.82) is 0 Å². The monoisotopic (exact) mass is 631 g/mol. The molecule has 0 spiro atoms. The molecule has 6 atom stereocenters. The summed E-state index contributed by atoms with van der Waals surface area (Å²) in [6.07, 6.45) is -5.61. The molecule has 238 valence electrons. The largest absolute Gasteiger partial charge is 0.491 e. The Morgan fingerprint density at radius 2 is 1.70 bits per heavy atom. The number of aryl methyl sites for hydroxylation is 1. The first-order chi connectivity index (χ1) is 22.1. The number of nitrogen functional groups attached to an aromatic ring is 1. The molecule has 2 aromatic heterocycles. The first-order valence-electron chi connectivity index (χ1n) is 14.7. The molecule has 3 aromatic carbocycles. The summed E-state index contributed by atoms with van der Waals surface area (Å²) in [7, 11) is 0. The van der Waals surface area contributed by atoms with Gasteiger partial charge in [-0.15, -0.1) is 0 Å². The topological polar surface area (TPSA) is 169 Å². The van der Waals surface area contributed by atoms with Gasteiger partial charge in [0.1, 0.15) is 42.3 Å². The van der Waals surface area contributed by atoms with E-state index in [-0.39, 0.29) is 36.4 Å². The highest BCUT2D eigenvalue weighted by Gasteiger charge is 2.64. The van der Waals surface area contributed by atoms with Crippen LogP contribution in [-0.2, 0) is 16.8 Å². The van der Waals surface area contributed by atoms with Crippen LogP contribution in [0.5, 0.6) is 5.75 Å². The highest BCUT2D eigenvalue weighted by Crippen LogP contribution is 2.56. The number of imidazole rings is 1. The van der Waals surface area contributed by atoms with Crippen molar-refractivity contribution in [1.82, 2.24) is 19.5 Å². The predicted molar refractivity (Wildman–Crippen MR) is 162 cm³/mol. The predicted octanol–water partition coefficient (Wildman–Crippen LogP) is 3.28. The third-order valence-electron chi connectivity index (χ3n) is 8.78. The fraction of sp³-hybridized carbons (Fsp3) is 0.303. The summed E-state index contributed by atoms with van der Waals surface area (Å²) >= 11 is 0. The van der Waals surface area contributed by atoms with Crippen LogP contribution in [0, 0.1) is 0 Å². The lowest BCUT2D eigenvalue weighted by atomic mass is 9.86. The van der Waals surface area contributed by atoms with Crippen LogP contribution in [0.3, 0.4) is 0 Å². The van der Waals surface area contributed by atoms with Crippen LogP contribution in [0.2, 0.25) is 0 Å². The molecule has 0 bridgehead atoms. The number of alkyl halides is 2. The summed E-state index contributed by atoms with van der Waals surface area (Å²) < 4.78 is 43.5. The minimum Gasteiger partial charge on any atom is -0.491 e. The van der Waals surface area contributed by atoms with Crippen LogP contribution < -0.4 is 10.5 Å². The van der Waals surface area contributed by atoms with E-state index in [2.05, 4.69) is 15.0 Å². The molecule has 0 radical (unpaired) electrons. The Balaban J connectivity index is 1.04. The first kappa shape index (κ1) is 30.1. The van der Waals surface area contributed by atoms with E-state index in [1.54, 1.807) is 36.4 Å². The zero-order valence-corrected chi connectivity index (χ0v) is 24.3. The van der Waals surface area contributed by atoms with E-state index < -0.39 is 42.2 Å². The molecule has 13 heteroatoms. The fourth-order valence-corrected chi connectivity index (χ4v) is 6.25. The molecule has 3 heterocycles. The Hall–Kier alpha value is -4.53. The Bertz CT molecular complexity index is 1890. The zero-order chi connectivity index (χ0) is 32.2. The number of anilines is 1. The van der Waals surface area contributed by atoms with Crippen LogP contribution in [0.15, 0.2) is 85.2 Å². The summed E-state index contributed by atoms with van der Waals surface area (Å²) in [5.74, 6) is -2.87. The number of aromatic nitrogens is 4. The molecule has 0 unspecified atom stereocenters. The summed E-state index contributed by atoms with van der Waals surface area (Å²) in [5.41, 5.74) is 5.63. The number of aliphatic hydroxyl groups is 4. The SMILES string of the molecule is Nc1nc(-c2ccccc2)nc2c1ncn2[C@@H]1O[C@H](COc2cccc(CC[C@@]3(O)c4ccccc4[C@@H](O)C3(F)F)c2)[C@@H](O)[C@H]1O. The molecular formula is C33H31F2N5O6. The number of nitrogens with two attached hydrogens (primary N) is 1. The van der Waals surface area contributed by atoms with Gasteiger partial charge < -0.3 is 35.6 Å². The Labute approximate surface area is 261 Å². The highest BCUT2D eigenvalue weighted by atomic mass is 19.3. The van der Waals surface area contributed by atoms with Crippen molar-refractivity contribution in [3.8, 4) is 17.1 Å². The van der Waals surface area contributed by atoms with Crippen LogP contribution >= 0.6 is 0 Å². The van der Waals surface area contributed by atoms with E-state index in [0.29, 0.717) is 28.3 Å². The molecule has 1 fully saturated rings.